The summed E-state index contributed by atoms with van der Waals surface area (Å²) in [5.41, 5.74) is 13.8. The molecular formula is C24H25N5O2. The Balaban J connectivity index is 1.86. The molecular weight excluding hydrogens is 390 g/mol. The van der Waals surface area contributed by atoms with Crippen LogP contribution in [0.1, 0.15) is 46.1 Å². The topological polar surface area (TPSA) is 134 Å². The van der Waals surface area contributed by atoms with Crippen molar-refractivity contribution in [2.45, 2.75) is 19.0 Å². The van der Waals surface area contributed by atoms with Crippen LogP contribution < -0.4 is 22.1 Å². The monoisotopic (exact) mass is 415 g/mol. The third-order valence-corrected chi connectivity index (χ3v) is 4.94. The molecule has 3 aromatic carbocycles. The minimum atomic E-state index is -0.930. The SMILES string of the molecule is C[C@@H](NC(=O)[C@H](NC(=O)c1cc(C(=N)N)ccc1N)c1ccccc1)c1ccccc1. The smallest absolute Gasteiger partial charge is 0.254 e. The van der Waals surface area contributed by atoms with Gasteiger partial charge in [0, 0.05) is 11.3 Å². The molecule has 3 rings (SSSR count). The minimum Gasteiger partial charge on any atom is -0.398 e. The van der Waals surface area contributed by atoms with Gasteiger partial charge in [-0.15, -0.1) is 0 Å². The van der Waals surface area contributed by atoms with Crippen LogP contribution in [-0.4, -0.2) is 17.6 Å². The van der Waals surface area contributed by atoms with Gasteiger partial charge in [0.25, 0.3) is 5.91 Å². The lowest BCUT2D eigenvalue weighted by molar-refractivity contribution is -0.123. The van der Waals surface area contributed by atoms with Gasteiger partial charge in [-0.2, -0.15) is 0 Å². The molecule has 0 aliphatic rings. The molecule has 0 aliphatic heterocycles. The normalized spacial score (nSPS) is 12.4. The fourth-order valence-corrected chi connectivity index (χ4v) is 3.20. The van der Waals surface area contributed by atoms with Gasteiger partial charge >= 0.3 is 0 Å². The Hall–Kier alpha value is -4.13. The summed E-state index contributed by atoms with van der Waals surface area (Å²) in [6.07, 6.45) is 0. The average Bonchev–Trinajstić information content (AvgIpc) is 2.78. The predicted octanol–water partition coefficient (Wildman–Crippen LogP) is 2.90. The van der Waals surface area contributed by atoms with E-state index in [-0.39, 0.29) is 29.0 Å². The van der Waals surface area contributed by atoms with Crippen LogP contribution in [0.5, 0.6) is 0 Å². The molecule has 2 amide bonds. The second-order valence-corrected chi connectivity index (χ2v) is 7.17. The van der Waals surface area contributed by atoms with Crippen molar-refractivity contribution >= 4 is 23.3 Å². The van der Waals surface area contributed by atoms with Crippen LogP contribution in [0.25, 0.3) is 0 Å². The van der Waals surface area contributed by atoms with Crippen molar-refractivity contribution < 1.29 is 9.59 Å². The maximum atomic E-state index is 13.1. The number of amides is 2. The molecule has 7 heteroatoms. The fourth-order valence-electron chi connectivity index (χ4n) is 3.20. The zero-order valence-corrected chi connectivity index (χ0v) is 17.1. The molecule has 0 radical (unpaired) electrons. The predicted molar refractivity (Wildman–Crippen MR) is 122 cm³/mol. The van der Waals surface area contributed by atoms with Crippen LogP contribution in [0.15, 0.2) is 78.9 Å². The molecule has 3 aromatic rings. The van der Waals surface area contributed by atoms with E-state index in [1.54, 1.807) is 30.3 Å². The summed E-state index contributed by atoms with van der Waals surface area (Å²) in [5, 5.41) is 13.3. The van der Waals surface area contributed by atoms with Crippen LogP contribution >= 0.6 is 0 Å². The number of amidine groups is 1. The summed E-state index contributed by atoms with van der Waals surface area (Å²) < 4.78 is 0. The van der Waals surface area contributed by atoms with Gasteiger partial charge in [0.15, 0.2) is 0 Å². The van der Waals surface area contributed by atoms with E-state index in [2.05, 4.69) is 10.6 Å². The van der Waals surface area contributed by atoms with Gasteiger partial charge in [0.1, 0.15) is 11.9 Å². The molecule has 0 bridgehead atoms. The Morgan fingerprint density at radius 1 is 0.871 bits per heavy atom. The molecule has 31 heavy (non-hydrogen) atoms. The van der Waals surface area contributed by atoms with Crippen LogP contribution in [0, 0.1) is 5.41 Å². The molecule has 158 valence electrons. The second kappa shape index (κ2) is 9.58. The summed E-state index contributed by atoms with van der Waals surface area (Å²) >= 11 is 0. The highest BCUT2D eigenvalue weighted by molar-refractivity contribution is 6.04. The molecule has 2 atom stereocenters. The van der Waals surface area contributed by atoms with Crippen LogP contribution in [0.4, 0.5) is 5.69 Å². The van der Waals surface area contributed by atoms with Gasteiger partial charge in [0.2, 0.25) is 5.91 Å². The van der Waals surface area contributed by atoms with Gasteiger partial charge < -0.3 is 22.1 Å². The number of hydrogen-bond acceptors (Lipinski definition) is 4. The molecule has 0 spiro atoms. The zero-order valence-electron chi connectivity index (χ0n) is 17.1. The van der Waals surface area contributed by atoms with Crippen LogP contribution in [0.3, 0.4) is 0 Å². The molecule has 0 aliphatic carbocycles. The van der Waals surface area contributed by atoms with E-state index >= 15 is 0 Å². The number of rotatable bonds is 7. The zero-order chi connectivity index (χ0) is 22.4. The molecule has 0 heterocycles. The lowest BCUT2D eigenvalue weighted by atomic mass is 10.0. The highest BCUT2D eigenvalue weighted by Crippen LogP contribution is 2.20. The Bertz CT molecular complexity index is 1080. The Morgan fingerprint density at radius 3 is 2.03 bits per heavy atom. The van der Waals surface area contributed by atoms with Crippen molar-refractivity contribution in [3.8, 4) is 0 Å². The molecule has 0 saturated heterocycles. The second-order valence-electron chi connectivity index (χ2n) is 7.17. The van der Waals surface area contributed by atoms with E-state index in [0.717, 1.165) is 5.56 Å². The highest BCUT2D eigenvalue weighted by atomic mass is 16.2. The van der Waals surface area contributed by atoms with Crippen LogP contribution in [0.2, 0.25) is 0 Å². The van der Waals surface area contributed by atoms with Gasteiger partial charge in [-0.25, -0.2) is 0 Å². The average molecular weight is 415 g/mol. The number of carbonyl (C=O) groups is 2. The summed E-state index contributed by atoms with van der Waals surface area (Å²) in [5.74, 6) is -1.06. The lowest BCUT2D eigenvalue weighted by Gasteiger charge is -2.22. The van der Waals surface area contributed by atoms with Gasteiger partial charge in [-0.3, -0.25) is 15.0 Å². The van der Waals surface area contributed by atoms with E-state index in [1.807, 2.05) is 43.3 Å². The van der Waals surface area contributed by atoms with E-state index in [4.69, 9.17) is 16.9 Å². The number of nitrogens with one attached hydrogen (secondary N) is 3. The Kier molecular flexibility index (Phi) is 6.67. The van der Waals surface area contributed by atoms with Crippen molar-refractivity contribution in [1.82, 2.24) is 10.6 Å². The largest absolute Gasteiger partial charge is 0.398 e. The number of anilines is 1. The van der Waals surface area contributed by atoms with Crippen molar-refractivity contribution in [3.05, 3.63) is 101 Å². The summed E-state index contributed by atoms with van der Waals surface area (Å²) in [6.45, 7) is 1.88. The molecule has 0 unspecified atom stereocenters. The maximum absolute atomic E-state index is 13.1. The number of carbonyl (C=O) groups excluding carboxylic acids is 2. The number of benzene rings is 3. The van der Waals surface area contributed by atoms with Gasteiger partial charge in [-0.1, -0.05) is 60.7 Å². The standard InChI is InChI=1S/C24H25N5O2/c1-15(16-8-4-2-5-9-16)28-24(31)21(17-10-6-3-7-11-17)29-23(30)19-14-18(22(26)27)12-13-20(19)25/h2-15,21H,25H2,1H3,(H3,26,27)(H,28,31)(H,29,30)/t15-,21-/m1/s1. The highest BCUT2D eigenvalue weighted by Gasteiger charge is 2.25. The minimum absolute atomic E-state index is 0.150. The fraction of sp³-hybridized carbons (Fsp3) is 0.125. The third kappa shape index (κ3) is 5.27. The molecule has 0 fully saturated rings. The first-order chi connectivity index (χ1) is 14.9. The summed E-state index contributed by atoms with van der Waals surface area (Å²) in [6, 6.07) is 21.9. The third-order valence-electron chi connectivity index (χ3n) is 4.94. The van der Waals surface area contributed by atoms with E-state index in [1.165, 1.54) is 12.1 Å². The van der Waals surface area contributed by atoms with Crippen molar-refractivity contribution in [1.29, 1.82) is 5.41 Å². The van der Waals surface area contributed by atoms with E-state index in [9.17, 15) is 9.59 Å². The first-order valence-corrected chi connectivity index (χ1v) is 9.82. The molecule has 0 aromatic heterocycles. The molecule has 0 saturated carbocycles. The van der Waals surface area contributed by atoms with Gasteiger partial charge in [-0.05, 0) is 36.2 Å². The quantitative estimate of drug-likeness (QED) is 0.230. The molecule has 7 N–H and O–H groups in total. The number of nitrogen functional groups attached to an aromatic ring is 2. The Morgan fingerprint density at radius 2 is 1.45 bits per heavy atom. The Labute approximate surface area is 181 Å². The first kappa shape index (κ1) is 21.6. The summed E-state index contributed by atoms with van der Waals surface area (Å²) in [4.78, 5) is 26.1. The molecule has 7 nitrogen and oxygen atoms in total. The first-order valence-electron chi connectivity index (χ1n) is 9.82. The maximum Gasteiger partial charge on any atom is 0.254 e. The number of hydrogen-bond donors (Lipinski definition) is 5. The van der Waals surface area contributed by atoms with Crippen molar-refractivity contribution in [2.24, 2.45) is 5.73 Å². The van der Waals surface area contributed by atoms with Gasteiger partial charge in [0.05, 0.1) is 11.6 Å². The van der Waals surface area contributed by atoms with E-state index < -0.39 is 11.9 Å². The number of nitrogens with two attached hydrogens (primary N) is 2. The summed E-state index contributed by atoms with van der Waals surface area (Å²) in [7, 11) is 0. The van der Waals surface area contributed by atoms with Crippen molar-refractivity contribution in [2.75, 3.05) is 5.73 Å². The van der Waals surface area contributed by atoms with E-state index in [0.29, 0.717) is 11.1 Å². The lowest BCUT2D eigenvalue weighted by Crippen LogP contribution is -2.41. The van der Waals surface area contributed by atoms with Crippen molar-refractivity contribution in [3.63, 3.8) is 0 Å². The van der Waals surface area contributed by atoms with Crippen LogP contribution in [-0.2, 0) is 4.79 Å².